The Kier molecular flexibility index (Phi) is 4.35. The van der Waals surface area contributed by atoms with E-state index in [-0.39, 0.29) is 0 Å². The first-order chi connectivity index (χ1) is 7.45. The summed E-state index contributed by atoms with van der Waals surface area (Å²) < 4.78 is 41.5. The molecule has 0 saturated heterocycles. The van der Waals surface area contributed by atoms with Crippen molar-refractivity contribution in [2.24, 2.45) is 16.8 Å². The van der Waals surface area contributed by atoms with Crippen LogP contribution in [0, 0.1) is 5.92 Å². The van der Waals surface area contributed by atoms with Gasteiger partial charge in [0.25, 0.3) is 0 Å². The van der Waals surface area contributed by atoms with Crippen LogP contribution in [0.4, 0.5) is 13.2 Å². The highest BCUT2D eigenvalue weighted by Gasteiger charge is 2.42. The van der Waals surface area contributed by atoms with E-state index in [4.69, 9.17) is 10.9 Å². The molecule has 1 rings (SSSR count). The number of thioether (sulfide) groups is 1. The number of hydrogen-bond acceptors (Lipinski definition) is 6. The van der Waals surface area contributed by atoms with Crippen molar-refractivity contribution >= 4 is 29.1 Å². The predicted molar refractivity (Wildman–Crippen MR) is 53.6 cm³/mol. The molecule has 0 aliphatic carbocycles. The fourth-order valence-corrected chi connectivity index (χ4v) is 2.41. The van der Waals surface area contributed by atoms with Crippen molar-refractivity contribution in [3.63, 3.8) is 0 Å². The Hall–Kier alpha value is -1.03. The van der Waals surface area contributed by atoms with Crippen LogP contribution in [0.1, 0.15) is 0 Å². The predicted octanol–water partition coefficient (Wildman–Crippen LogP) is 1.56. The van der Waals surface area contributed by atoms with Gasteiger partial charge >= 0.3 is 6.18 Å². The van der Waals surface area contributed by atoms with Crippen LogP contribution in [0.5, 0.6) is 0 Å². The second-order valence-corrected chi connectivity index (χ2v) is 4.68. The molecule has 0 aliphatic rings. The summed E-state index contributed by atoms with van der Waals surface area (Å²) in [5.74, 6) is -3.25. The fraction of sp³-hybridized carbons (Fsp3) is 0.500. The normalized spacial score (nSPS) is 15.1. The van der Waals surface area contributed by atoms with Crippen molar-refractivity contribution < 1.29 is 18.4 Å². The molecule has 1 unspecified atom stereocenters. The summed E-state index contributed by atoms with van der Waals surface area (Å²) >= 11 is 1.84. The monoisotopic (exact) mass is 272 g/mol. The van der Waals surface area contributed by atoms with E-state index in [0.29, 0.717) is 4.34 Å². The van der Waals surface area contributed by atoms with Crippen LogP contribution in [0.2, 0.25) is 0 Å². The molecule has 1 atom stereocenters. The summed E-state index contributed by atoms with van der Waals surface area (Å²) in [6.07, 6.45) is -3.30. The maximum Gasteiger partial charge on any atom is 0.399 e. The van der Waals surface area contributed by atoms with E-state index < -0.39 is 23.7 Å². The van der Waals surface area contributed by atoms with E-state index in [1.54, 1.807) is 0 Å². The first kappa shape index (κ1) is 13.0. The smallest absolute Gasteiger partial charge is 0.399 e. The minimum absolute atomic E-state index is 0.394. The second kappa shape index (κ2) is 5.34. The molecule has 0 amide bonds. The minimum Gasteiger partial charge on any atom is -0.409 e. The van der Waals surface area contributed by atoms with E-state index in [1.165, 1.54) is 6.33 Å². The maximum atomic E-state index is 12.5. The highest BCUT2D eigenvalue weighted by atomic mass is 32.2. The van der Waals surface area contributed by atoms with Gasteiger partial charge in [0.1, 0.15) is 12.2 Å². The molecule has 10 heteroatoms. The molecule has 1 aromatic heterocycles. The summed E-state index contributed by atoms with van der Waals surface area (Å²) in [7, 11) is 0. The fourth-order valence-electron chi connectivity index (χ4n) is 0.798. The van der Waals surface area contributed by atoms with Crippen LogP contribution in [0.15, 0.2) is 15.8 Å². The van der Waals surface area contributed by atoms with Gasteiger partial charge in [-0.25, -0.2) is 4.98 Å². The Morgan fingerprint density at radius 2 is 2.38 bits per heavy atom. The molecule has 0 fully saturated rings. The van der Waals surface area contributed by atoms with Gasteiger partial charge in [-0.1, -0.05) is 16.9 Å². The third-order valence-electron chi connectivity index (χ3n) is 1.58. The van der Waals surface area contributed by atoms with Crippen molar-refractivity contribution in [1.29, 1.82) is 0 Å². The third kappa shape index (κ3) is 3.52. The summed E-state index contributed by atoms with van der Waals surface area (Å²) in [4.78, 5) is 3.72. The average molecular weight is 272 g/mol. The number of alkyl halides is 3. The molecule has 90 valence electrons. The van der Waals surface area contributed by atoms with E-state index in [1.807, 2.05) is 0 Å². The number of hydrogen-bond donors (Lipinski definition) is 2. The quantitative estimate of drug-likeness (QED) is 0.286. The Bertz CT molecular complexity index is 353. The SMILES string of the molecule is NC(=NO)C(CSc1ncns1)C(F)(F)F. The topological polar surface area (TPSA) is 84.4 Å². The van der Waals surface area contributed by atoms with E-state index in [0.717, 1.165) is 23.3 Å². The summed E-state index contributed by atoms with van der Waals surface area (Å²) in [6.45, 7) is 0. The van der Waals surface area contributed by atoms with Crippen LogP contribution in [0.3, 0.4) is 0 Å². The highest BCUT2D eigenvalue weighted by molar-refractivity contribution is 8.00. The van der Waals surface area contributed by atoms with Crippen molar-refractivity contribution in [1.82, 2.24) is 9.36 Å². The molecule has 0 radical (unpaired) electrons. The Balaban J connectivity index is 2.65. The maximum absolute atomic E-state index is 12.5. The van der Waals surface area contributed by atoms with Gasteiger partial charge in [-0.3, -0.25) is 0 Å². The van der Waals surface area contributed by atoms with Crippen LogP contribution in [-0.2, 0) is 0 Å². The van der Waals surface area contributed by atoms with E-state index >= 15 is 0 Å². The first-order valence-corrected chi connectivity index (χ1v) is 5.64. The molecule has 0 bridgehead atoms. The molecule has 1 heterocycles. The second-order valence-electron chi connectivity index (χ2n) is 2.64. The van der Waals surface area contributed by atoms with Gasteiger partial charge in [-0.05, 0) is 11.5 Å². The number of nitrogens with two attached hydrogens (primary N) is 1. The Morgan fingerprint density at radius 3 is 2.81 bits per heavy atom. The summed E-state index contributed by atoms with van der Waals surface area (Å²) in [5.41, 5.74) is 4.98. The van der Waals surface area contributed by atoms with Crippen molar-refractivity contribution in [3.05, 3.63) is 6.33 Å². The molecule has 3 N–H and O–H groups in total. The number of oxime groups is 1. The number of rotatable bonds is 4. The zero-order chi connectivity index (χ0) is 12.2. The van der Waals surface area contributed by atoms with Crippen LogP contribution < -0.4 is 5.73 Å². The van der Waals surface area contributed by atoms with Gasteiger partial charge in [-0.2, -0.15) is 17.5 Å². The molecule has 16 heavy (non-hydrogen) atoms. The third-order valence-corrected chi connectivity index (χ3v) is 3.47. The van der Waals surface area contributed by atoms with Gasteiger partial charge < -0.3 is 10.9 Å². The minimum atomic E-state index is -4.55. The van der Waals surface area contributed by atoms with Crippen molar-refractivity contribution in [2.75, 3.05) is 5.75 Å². The molecule has 5 nitrogen and oxygen atoms in total. The van der Waals surface area contributed by atoms with Crippen LogP contribution >= 0.6 is 23.3 Å². The zero-order valence-corrected chi connectivity index (χ0v) is 9.31. The average Bonchev–Trinajstić information content (AvgIpc) is 2.68. The molecule has 0 aromatic carbocycles. The lowest BCUT2D eigenvalue weighted by molar-refractivity contribution is -0.150. The Labute approximate surface area is 96.7 Å². The van der Waals surface area contributed by atoms with E-state index in [9.17, 15) is 13.2 Å². The molecule has 0 saturated carbocycles. The Morgan fingerprint density at radius 1 is 1.69 bits per heavy atom. The molecular formula is C6H7F3N4OS2. The molecule has 0 spiro atoms. The lowest BCUT2D eigenvalue weighted by Crippen LogP contribution is -2.37. The summed E-state index contributed by atoms with van der Waals surface area (Å²) in [6, 6.07) is 0. The highest BCUT2D eigenvalue weighted by Crippen LogP contribution is 2.32. The van der Waals surface area contributed by atoms with Gasteiger partial charge in [0.2, 0.25) is 0 Å². The van der Waals surface area contributed by atoms with Gasteiger partial charge in [-0.15, -0.1) is 0 Å². The number of aromatic nitrogens is 2. The van der Waals surface area contributed by atoms with E-state index in [2.05, 4.69) is 14.5 Å². The van der Waals surface area contributed by atoms with Crippen molar-refractivity contribution in [3.8, 4) is 0 Å². The molecular weight excluding hydrogens is 265 g/mol. The number of nitrogens with zero attached hydrogens (tertiary/aromatic N) is 3. The lowest BCUT2D eigenvalue weighted by atomic mass is 10.1. The largest absolute Gasteiger partial charge is 0.409 e. The molecule has 0 aliphatic heterocycles. The van der Waals surface area contributed by atoms with Gasteiger partial charge in [0, 0.05) is 5.75 Å². The molecule has 1 aromatic rings. The van der Waals surface area contributed by atoms with Gasteiger partial charge in [0.05, 0.1) is 0 Å². The number of halogens is 3. The zero-order valence-electron chi connectivity index (χ0n) is 7.68. The first-order valence-electron chi connectivity index (χ1n) is 3.88. The standard InChI is InChI=1S/C6H7F3N4OS2/c7-6(8,9)3(4(10)13-14)1-15-5-11-2-12-16-5/h2-3,14H,1H2,(H2,10,13). The number of amidine groups is 1. The van der Waals surface area contributed by atoms with Crippen molar-refractivity contribution in [2.45, 2.75) is 10.5 Å². The van der Waals surface area contributed by atoms with Crippen LogP contribution in [0.25, 0.3) is 0 Å². The van der Waals surface area contributed by atoms with Gasteiger partial charge in [0.15, 0.2) is 10.2 Å². The lowest BCUT2D eigenvalue weighted by Gasteiger charge is -2.17. The van der Waals surface area contributed by atoms with Crippen LogP contribution in [-0.4, -0.2) is 32.3 Å². The summed E-state index contributed by atoms with van der Waals surface area (Å²) in [5, 5.41) is 10.6.